The summed E-state index contributed by atoms with van der Waals surface area (Å²) in [6.45, 7) is 8.63. The van der Waals surface area contributed by atoms with Crippen LogP contribution < -0.4 is 0 Å². The molecule has 0 saturated carbocycles. The Labute approximate surface area is 198 Å². The minimum absolute atomic E-state index is 0.0198. The molecule has 2 N–H and O–H groups in total. The molecule has 1 fully saturated rings. The Balaban J connectivity index is 1.67. The number of thioether (sulfide) groups is 1. The van der Waals surface area contributed by atoms with E-state index in [1.165, 1.54) is 17.0 Å². The van der Waals surface area contributed by atoms with Gasteiger partial charge in [-0.3, -0.25) is 14.1 Å². The number of hydrogen-bond acceptors (Lipinski definition) is 10. The van der Waals surface area contributed by atoms with Crippen LogP contribution >= 0.6 is 11.8 Å². The van der Waals surface area contributed by atoms with Crippen LogP contribution in [0.3, 0.4) is 0 Å². The molecule has 0 radical (unpaired) electrons. The Hall–Kier alpha value is -1.70. The van der Waals surface area contributed by atoms with Gasteiger partial charge in [0, 0.05) is 6.54 Å². The first-order valence-corrected chi connectivity index (χ1v) is 12.8. The molecule has 33 heavy (non-hydrogen) atoms. The van der Waals surface area contributed by atoms with E-state index in [4.69, 9.17) is 13.7 Å². The minimum Gasteiger partial charge on any atom is -0.443 e. The van der Waals surface area contributed by atoms with Gasteiger partial charge in [0.2, 0.25) is 0 Å². The lowest BCUT2D eigenvalue weighted by Crippen LogP contribution is -2.56. The number of hydrogen-bond donors (Lipinski definition) is 2. The summed E-state index contributed by atoms with van der Waals surface area (Å²) in [5.74, 6) is 0. The second kappa shape index (κ2) is 9.88. The molecule has 10 nitrogen and oxygen atoms in total. The molecule has 0 aromatic heterocycles. The molecule has 1 saturated heterocycles. The zero-order valence-corrected chi connectivity index (χ0v) is 20.8. The fourth-order valence-corrected chi connectivity index (χ4v) is 5.47. The van der Waals surface area contributed by atoms with Crippen LogP contribution in [0.1, 0.15) is 33.3 Å². The van der Waals surface area contributed by atoms with Crippen LogP contribution in [0.4, 0.5) is 4.79 Å². The molecule has 184 valence electrons. The maximum absolute atomic E-state index is 12.5. The van der Waals surface area contributed by atoms with E-state index in [1.807, 2.05) is 6.92 Å². The molecule has 2 aliphatic rings. The number of ether oxygens (including phenoxy) is 2. The molecular formula is C21H30N2O8S2. The number of aliphatic hydroxyl groups excluding tert-OH is 2. The number of fused-ring (bicyclic) bond motifs is 1. The summed E-state index contributed by atoms with van der Waals surface area (Å²) < 4.78 is 41.2. The van der Waals surface area contributed by atoms with Crippen molar-refractivity contribution in [1.29, 1.82) is 0 Å². The van der Waals surface area contributed by atoms with Crippen molar-refractivity contribution in [2.75, 3.05) is 13.2 Å². The lowest BCUT2D eigenvalue weighted by molar-refractivity contribution is -0.161. The molecule has 3 rings (SSSR count). The van der Waals surface area contributed by atoms with Crippen LogP contribution in [0.2, 0.25) is 0 Å². The summed E-state index contributed by atoms with van der Waals surface area (Å²) in [5.41, 5.74) is -0.528. The van der Waals surface area contributed by atoms with E-state index in [2.05, 4.69) is 4.99 Å². The van der Waals surface area contributed by atoms with Gasteiger partial charge in [0.15, 0.2) is 5.17 Å². The molecule has 1 aromatic carbocycles. The maximum atomic E-state index is 12.5. The Kier molecular flexibility index (Phi) is 7.76. The number of rotatable bonds is 5. The van der Waals surface area contributed by atoms with Gasteiger partial charge < -0.3 is 19.7 Å². The fourth-order valence-electron chi connectivity index (χ4n) is 3.27. The van der Waals surface area contributed by atoms with E-state index in [-0.39, 0.29) is 11.4 Å². The Morgan fingerprint density at radius 3 is 2.42 bits per heavy atom. The smallest absolute Gasteiger partial charge is 0.416 e. The van der Waals surface area contributed by atoms with Gasteiger partial charge in [-0.05, 0) is 46.8 Å². The van der Waals surface area contributed by atoms with Crippen molar-refractivity contribution in [1.82, 2.24) is 4.90 Å². The lowest BCUT2D eigenvalue weighted by atomic mass is 9.99. The standard InChI is InChI=1S/C21H30N2O8S2/c1-6-23(20(26)31-21(3,4)5)19-22-15-17(25)16(24)14(30-18(15)32-19)11-29-33(27,28)13-9-7-12(2)8-10-13/h7-10,14-18,24-25H,6,11H2,1-5H3/t14?,15-,16+,17+,18+/m0/s1. The number of aryl methyl sites for hydroxylation is 1. The molecular weight excluding hydrogens is 472 g/mol. The summed E-state index contributed by atoms with van der Waals surface area (Å²) >= 11 is 1.10. The van der Waals surface area contributed by atoms with Crippen LogP contribution in [0.5, 0.6) is 0 Å². The number of amidine groups is 1. The molecule has 0 spiro atoms. The van der Waals surface area contributed by atoms with Gasteiger partial charge in [-0.15, -0.1) is 0 Å². The third-order valence-corrected chi connectivity index (χ3v) is 7.46. The molecule has 2 heterocycles. The predicted molar refractivity (Wildman–Crippen MR) is 122 cm³/mol. The monoisotopic (exact) mass is 502 g/mol. The van der Waals surface area contributed by atoms with E-state index >= 15 is 0 Å². The number of aliphatic imine (C=N–C) groups is 1. The van der Waals surface area contributed by atoms with Gasteiger partial charge in [0.05, 0.1) is 11.5 Å². The third kappa shape index (κ3) is 6.06. The van der Waals surface area contributed by atoms with Gasteiger partial charge in [-0.2, -0.15) is 8.42 Å². The quantitative estimate of drug-likeness (QED) is 0.579. The van der Waals surface area contributed by atoms with E-state index in [0.29, 0.717) is 5.17 Å². The first-order chi connectivity index (χ1) is 15.3. The summed E-state index contributed by atoms with van der Waals surface area (Å²) in [5, 5.41) is 21.4. The van der Waals surface area contributed by atoms with Gasteiger partial charge in [0.25, 0.3) is 10.1 Å². The van der Waals surface area contributed by atoms with Crippen LogP contribution in [-0.4, -0.2) is 83.3 Å². The van der Waals surface area contributed by atoms with E-state index < -0.39 is 58.2 Å². The van der Waals surface area contributed by atoms with Crippen LogP contribution in [0.15, 0.2) is 34.2 Å². The number of amides is 1. The topological polar surface area (TPSA) is 135 Å². The second-order valence-corrected chi connectivity index (χ2v) is 11.5. The molecule has 0 aliphatic carbocycles. The number of benzene rings is 1. The minimum atomic E-state index is -4.07. The normalized spacial score (nSPS) is 27.6. The average molecular weight is 503 g/mol. The molecule has 12 heteroatoms. The Morgan fingerprint density at radius 1 is 1.21 bits per heavy atom. The van der Waals surface area contributed by atoms with Crippen molar-refractivity contribution >= 4 is 33.1 Å². The zero-order chi connectivity index (χ0) is 24.6. The molecule has 1 unspecified atom stereocenters. The van der Waals surface area contributed by atoms with Gasteiger partial charge >= 0.3 is 6.09 Å². The van der Waals surface area contributed by atoms with Crippen molar-refractivity contribution in [2.45, 2.75) is 74.9 Å². The van der Waals surface area contributed by atoms with Gasteiger partial charge in [-0.25, -0.2) is 4.79 Å². The number of carbonyl (C=O) groups is 1. The highest BCUT2D eigenvalue weighted by molar-refractivity contribution is 8.14. The lowest BCUT2D eigenvalue weighted by Gasteiger charge is -2.37. The first-order valence-electron chi connectivity index (χ1n) is 10.5. The van der Waals surface area contributed by atoms with E-state index in [0.717, 1.165) is 17.3 Å². The largest absolute Gasteiger partial charge is 0.443 e. The summed E-state index contributed by atoms with van der Waals surface area (Å²) in [6.07, 6.45) is -4.46. The van der Waals surface area contributed by atoms with Crippen molar-refractivity contribution in [3.8, 4) is 0 Å². The number of aliphatic hydroxyl groups is 2. The molecule has 1 aromatic rings. The highest BCUT2D eigenvalue weighted by Gasteiger charge is 2.50. The molecule has 0 bridgehead atoms. The summed E-state index contributed by atoms with van der Waals surface area (Å²) in [4.78, 5) is 18.2. The summed E-state index contributed by atoms with van der Waals surface area (Å²) in [6, 6.07) is 5.32. The second-order valence-electron chi connectivity index (χ2n) is 8.82. The molecule has 1 amide bonds. The Bertz CT molecular complexity index is 991. The average Bonchev–Trinajstić information content (AvgIpc) is 3.13. The van der Waals surface area contributed by atoms with Crippen LogP contribution in [0, 0.1) is 6.92 Å². The van der Waals surface area contributed by atoms with Crippen molar-refractivity contribution < 1.29 is 37.1 Å². The van der Waals surface area contributed by atoms with Crippen molar-refractivity contribution in [3.05, 3.63) is 29.8 Å². The number of nitrogens with zero attached hydrogens (tertiary/aromatic N) is 2. The van der Waals surface area contributed by atoms with E-state index in [1.54, 1.807) is 39.8 Å². The summed E-state index contributed by atoms with van der Waals surface area (Å²) in [7, 11) is -4.07. The molecule has 2 aliphatic heterocycles. The van der Waals surface area contributed by atoms with Gasteiger partial charge in [-0.1, -0.05) is 29.5 Å². The maximum Gasteiger partial charge on any atom is 0.416 e. The van der Waals surface area contributed by atoms with Crippen LogP contribution in [-0.2, 0) is 23.8 Å². The fraction of sp³-hybridized carbons (Fsp3) is 0.619. The third-order valence-electron chi connectivity index (χ3n) is 5.01. The first kappa shape index (κ1) is 25.9. The highest BCUT2D eigenvalue weighted by Crippen LogP contribution is 2.38. The SMILES string of the molecule is CCN(C(=O)OC(C)(C)C)C1=N[C@H]2[C@@H](O)[C@H](O)C(COS(=O)(=O)c3ccc(C)cc3)O[C@@H]2S1. The van der Waals surface area contributed by atoms with Crippen LogP contribution in [0.25, 0.3) is 0 Å². The zero-order valence-electron chi connectivity index (χ0n) is 19.2. The molecule has 5 atom stereocenters. The van der Waals surface area contributed by atoms with Crippen molar-refractivity contribution in [3.63, 3.8) is 0 Å². The number of carbonyl (C=O) groups excluding carboxylic acids is 1. The van der Waals surface area contributed by atoms with Gasteiger partial charge in [0.1, 0.15) is 35.4 Å². The Morgan fingerprint density at radius 2 is 1.85 bits per heavy atom. The predicted octanol–water partition coefficient (Wildman–Crippen LogP) is 1.88. The highest BCUT2D eigenvalue weighted by atomic mass is 32.2. The van der Waals surface area contributed by atoms with Crippen molar-refractivity contribution in [2.24, 2.45) is 4.99 Å². The van der Waals surface area contributed by atoms with E-state index in [9.17, 15) is 23.4 Å².